The molecule has 11 heavy (non-hydrogen) atoms. The van der Waals surface area contributed by atoms with Crippen LogP contribution in [-0.4, -0.2) is 4.98 Å². The summed E-state index contributed by atoms with van der Waals surface area (Å²) in [7, 11) is 0. The van der Waals surface area contributed by atoms with Crippen LogP contribution >= 0.6 is 0 Å². The maximum atomic E-state index is 5.23. The van der Waals surface area contributed by atoms with Crippen LogP contribution in [0.3, 0.4) is 0 Å². The minimum absolute atomic E-state index is 0.896. The number of furan rings is 1. The number of aryl methyl sites for hydroxylation is 1. The Morgan fingerprint density at radius 2 is 2.27 bits per heavy atom. The molecular weight excluding hydrogens is 138 g/mol. The highest BCUT2D eigenvalue weighted by Gasteiger charge is 2.03. The van der Waals surface area contributed by atoms with Crippen molar-refractivity contribution in [1.82, 2.24) is 4.98 Å². The monoisotopic (exact) mass is 147 g/mol. The number of hydrogen-bond donors (Lipinski definition) is 1. The number of aromatic amines is 1. The molecule has 2 heteroatoms. The lowest BCUT2D eigenvalue weighted by atomic mass is 10.2. The van der Waals surface area contributed by atoms with Gasteiger partial charge in [-0.25, -0.2) is 0 Å². The third-order valence-corrected chi connectivity index (χ3v) is 1.72. The normalized spacial score (nSPS) is 10.3. The van der Waals surface area contributed by atoms with E-state index in [1.165, 1.54) is 5.56 Å². The van der Waals surface area contributed by atoms with Gasteiger partial charge < -0.3 is 9.40 Å². The lowest BCUT2D eigenvalue weighted by Gasteiger charge is -1.92. The Morgan fingerprint density at radius 1 is 1.36 bits per heavy atom. The second-order valence-corrected chi connectivity index (χ2v) is 2.51. The Kier molecular flexibility index (Phi) is 1.32. The van der Waals surface area contributed by atoms with E-state index in [4.69, 9.17) is 4.42 Å². The minimum atomic E-state index is 0.896. The standard InChI is InChI=1S/C9H9NO/c1-7-4-5-10-9(7)8-3-2-6-11-8/h2-6,10H,1H3. The molecule has 0 radical (unpaired) electrons. The topological polar surface area (TPSA) is 28.9 Å². The van der Waals surface area contributed by atoms with Crippen LogP contribution in [0.2, 0.25) is 0 Å². The summed E-state index contributed by atoms with van der Waals surface area (Å²) in [5.41, 5.74) is 2.27. The van der Waals surface area contributed by atoms with E-state index < -0.39 is 0 Å². The zero-order valence-electron chi connectivity index (χ0n) is 6.29. The smallest absolute Gasteiger partial charge is 0.150 e. The summed E-state index contributed by atoms with van der Waals surface area (Å²) in [5.74, 6) is 0.896. The van der Waals surface area contributed by atoms with Crippen molar-refractivity contribution in [3.63, 3.8) is 0 Å². The Balaban J connectivity index is 2.53. The molecule has 2 rings (SSSR count). The average molecular weight is 147 g/mol. The van der Waals surface area contributed by atoms with Gasteiger partial charge >= 0.3 is 0 Å². The number of aromatic nitrogens is 1. The molecule has 0 unspecified atom stereocenters. The van der Waals surface area contributed by atoms with Gasteiger partial charge in [0.2, 0.25) is 0 Å². The molecule has 0 aliphatic rings. The first-order chi connectivity index (χ1) is 5.38. The van der Waals surface area contributed by atoms with Gasteiger partial charge in [-0.1, -0.05) is 0 Å². The van der Waals surface area contributed by atoms with E-state index in [1.54, 1.807) is 6.26 Å². The SMILES string of the molecule is Cc1cc[nH]c1-c1ccco1. The highest BCUT2D eigenvalue weighted by molar-refractivity contribution is 5.56. The Morgan fingerprint density at radius 3 is 2.82 bits per heavy atom. The maximum Gasteiger partial charge on any atom is 0.150 e. The summed E-state index contributed by atoms with van der Waals surface area (Å²) in [6, 6.07) is 5.85. The summed E-state index contributed by atoms with van der Waals surface area (Å²) in [5, 5.41) is 0. The van der Waals surface area contributed by atoms with Gasteiger partial charge in [0, 0.05) is 6.20 Å². The summed E-state index contributed by atoms with van der Waals surface area (Å²) in [6.07, 6.45) is 3.59. The molecular formula is C9H9NO. The second-order valence-electron chi connectivity index (χ2n) is 2.51. The zero-order valence-corrected chi connectivity index (χ0v) is 6.29. The fourth-order valence-corrected chi connectivity index (χ4v) is 1.13. The molecule has 0 aromatic carbocycles. The molecule has 2 heterocycles. The summed E-state index contributed by atoms with van der Waals surface area (Å²) >= 11 is 0. The number of H-pyrrole nitrogens is 1. The lowest BCUT2D eigenvalue weighted by Crippen LogP contribution is -1.74. The van der Waals surface area contributed by atoms with Gasteiger partial charge in [0.05, 0.1) is 12.0 Å². The van der Waals surface area contributed by atoms with Crippen molar-refractivity contribution in [1.29, 1.82) is 0 Å². The van der Waals surface area contributed by atoms with Crippen LogP contribution in [0.5, 0.6) is 0 Å². The molecule has 56 valence electrons. The van der Waals surface area contributed by atoms with Crippen LogP contribution in [0, 0.1) is 6.92 Å². The van der Waals surface area contributed by atoms with E-state index in [0.29, 0.717) is 0 Å². The Labute approximate surface area is 64.9 Å². The van der Waals surface area contributed by atoms with Crippen LogP contribution in [0.4, 0.5) is 0 Å². The third kappa shape index (κ3) is 0.963. The van der Waals surface area contributed by atoms with E-state index >= 15 is 0 Å². The van der Waals surface area contributed by atoms with Crippen LogP contribution in [0.1, 0.15) is 5.56 Å². The summed E-state index contributed by atoms with van der Waals surface area (Å²) in [6.45, 7) is 2.05. The molecule has 0 spiro atoms. The molecule has 0 saturated carbocycles. The quantitative estimate of drug-likeness (QED) is 0.659. The number of hydrogen-bond acceptors (Lipinski definition) is 1. The molecule has 0 amide bonds. The molecule has 0 aliphatic heterocycles. The van der Waals surface area contributed by atoms with Gasteiger partial charge in [-0.15, -0.1) is 0 Å². The predicted octanol–water partition coefficient (Wildman–Crippen LogP) is 2.58. The first kappa shape index (κ1) is 6.28. The molecule has 0 fully saturated rings. The molecule has 0 saturated heterocycles. The molecule has 2 aromatic heterocycles. The number of rotatable bonds is 1. The van der Waals surface area contributed by atoms with E-state index in [1.807, 2.05) is 31.3 Å². The van der Waals surface area contributed by atoms with Crippen LogP contribution in [0.15, 0.2) is 35.1 Å². The molecule has 2 nitrogen and oxygen atoms in total. The fraction of sp³-hybridized carbons (Fsp3) is 0.111. The van der Waals surface area contributed by atoms with Gasteiger partial charge in [-0.05, 0) is 30.7 Å². The van der Waals surface area contributed by atoms with Crippen molar-refractivity contribution < 1.29 is 4.42 Å². The van der Waals surface area contributed by atoms with Crippen molar-refractivity contribution in [2.75, 3.05) is 0 Å². The third-order valence-electron chi connectivity index (χ3n) is 1.72. The van der Waals surface area contributed by atoms with Gasteiger partial charge in [-0.2, -0.15) is 0 Å². The fourth-order valence-electron chi connectivity index (χ4n) is 1.13. The first-order valence-electron chi connectivity index (χ1n) is 3.56. The van der Waals surface area contributed by atoms with Gasteiger partial charge in [0.15, 0.2) is 0 Å². The lowest BCUT2D eigenvalue weighted by molar-refractivity contribution is 0.580. The van der Waals surface area contributed by atoms with E-state index in [9.17, 15) is 0 Å². The maximum absolute atomic E-state index is 5.23. The molecule has 0 atom stereocenters. The summed E-state index contributed by atoms with van der Waals surface area (Å²) in [4.78, 5) is 3.11. The minimum Gasteiger partial charge on any atom is -0.463 e. The van der Waals surface area contributed by atoms with E-state index in [2.05, 4.69) is 4.98 Å². The summed E-state index contributed by atoms with van der Waals surface area (Å²) < 4.78 is 5.23. The number of nitrogens with one attached hydrogen (secondary N) is 1. The van der Waals surface area contributed by atoms with Gasteiger partial charge in [0.25, 0.3) is 0 Å². The van der Waals surface area contributed by atoms with Crippen molar-refractivity contribution in [2.45, 2.75) is 6.92 Å². The largest absolute Gasteiger partial charge is 0.463 e. The molecule has 0 bridgehead atoms. The molecule has 2 aromatic rings. The van der Waals surface area contributed by atoms with Crippen LogP contribution in [0.25, 0.3) is 11.5 Å². The predicted molar refractivity (Wildman–Crippen MR) is 43.2 cm³/mol. The average Bonchev–Trinajstić information content (AvgIpc) is 2.55. The first-order valence-corrected chi connectivity index (χ1v) is 3.56. The highest BCUT2D eigenvalue weighted by atomic mass is 16.3. The van der Waals surface area contributed by atoms with E-state index in [0.717, 1.165) is 11.5 Å². The van der Waals surface area contributed by atoms with Crippen molar-refractivity contribution in [3.8, 4) is 11.5 Å². The van der Waals surface area contributed by atoms with Crippen molar-refractivity contribution >= 4 is 0 Å². The second kappa shape index (κ2) is 2.31. The highest BCUT2D eigenvalue weighted by Crippen LogP contribution is 2.20. The van der Waals surface area contributed by atoms with Crippen molar-refractivity contribution in [3.05, 3.63) is 36.2 Å². The Hall–Kier alpha value is -1.44. The van der Waals surface area contributed by atoms with Gasteiger partial charge in [0.1, 0.15) is 5.76 Å². The Bertz CT molecular complexity index is 332. The zero-order chi connectivity index (χ0) is 7.68. The van der Waals surface area contributed by atoms with Crippen LogP contribution < -0.4 is 0 Å². The van der Waals surface area contributed by atoms with Crippen LogP contribution in [-0.2, 0) is 0 Å². The van der Waals surface area contributed by atoms with E-state index in [-0.39, 0.29) is 0 Å². The molecule has 0 aliphatic carbocycles. The van der Waals surface area contributed by atoms with Crippen molar-refractivity contribution in [2.24, 2.45) is 0 Å². The van der Waals surface area contributed by atoms with Gasteiger partial charge in [-0.3, -0.25) is 0 Å². The molecule has 1 N–H and O–H groups in total.